The summed E-state index contributed by atoms with van der Waals surface area (Å²) in [4.78, 5) is 11.0. The Bertz CT molecular complexity index is 867. The Labute approximate surface area is 149 Å². The molecule has 1 saturated heterocycles. The van der Waals surface area contributed by atoms with Gasteiger partial charge in [0.1, 0.15) is 5.82 Å². The zero-order valence-corrected chi connectivity index (χ0v) is 15.7. The van der Waals surface area contributed by atoms with Crippen LogP contribution in [0.5, 0.6) is 0 Å². The van der Waals surface area contributed by atoms with E-state index in [9.17, 15) is 8.42 Å². The molecule has 3 rings (SSSR count). The Morgan fingerprint density at radius 2 is 2.00 bits per heavy atom. The number of aromatic nitrogens is 2. The number of hydrogen-bond donors (Lipinski definition) is 1. The Balaban J connectivity index is 1.75. The maximum absolute atomic E-state index is 11.7. The van der Waals surface area contributed by atoms with Gasteiger partial charge in [0.25, 0.3) is 0 Å². The first kappa shape index (κ1) is 17.7. The molecular weight excluding hydrogens is 336 g/mol. The quantitative estimate of drug-likeness (QED) is 0.882. The van der Waals surface area contributed by atoms with E-state index in [2.05, 4.69) is 34.3 Å². The summed E-state index contributed by atoms with van der Waals surface area (Å²) in [6.07, 6.45) is 0.647. The molecule has 0 radical (unpaired) electrons. The Hall–Kier alpha value is -2.15. The van der Waals surface area contributed by atoms with Crippen LogP contribution in [-0.2, 0) is 16.4 Å². The molecule has 1 aromatic heterocycles. The topological polar surface area (TPSA) is 75.2 Å². The van der Waals surface area contributed by atoms with E-state index in [1.54, 1.807) is 0 Å². The molecule has 0 bridgehead atoms. The second-order valence-corrected chi connectivity index (χ2v) is 8.87. The highest BCUT2D eigenvalue weighted by molar-refractivity contribution is 7.91. The van der Waals surface area contributed by atoms with E-state index in [0.717, 1.165) is 11.5 Å². The fourth-order valence-electron chi connectivity index (χ4n) is 3.06. The van der Waals surface area contributed by atoms with Crippen molar-refractivity contribution in [2.75, 3.05) is 28.8 Å². The summed E-state index contributed by atoms with van der Waals surface area (Å²) in [7, 11) is -1.02. The second kappa shape index (κ2) is 7.00. The van der Waals surface area contributed by atoms with Crippen molar-refractivity contribution in [1.29, 1.82) is 0 Å². The van der Waals surface area contributed by atoms with Gasteiger partial charge in [-0.1, -0.05) is 24.3 Å². The summed E-state index contributed by atoms with van der Waals surface area (Å²) >= 11 is 0. The van der Waals surface area contributed by atoms with Gasteiger partial charge in [0.2, 0.25) is 5.95 Å². The average molecular weight is 360 g/mol. The minimum atomic E-state index is -2.92. The maximum Gasteiger partial charge on any atom is 0.225 e. The van der Waals surface area contributed by atoms with Gasteiger partial charge in [0.05, 0.1) is 11.5 Å². The van der Waals surface area contributed by atoms with Crippen molar-refractivity contribution in [3.63, 3.8) is 0 Å². The molecule has 0 aliphatic carbocycles. The highest BCUT2D eigenvalue weighted by Crippen LogP contribution is 2.23. The van der Waals surface area contributed by atoms with Crippen molar-refractivity contribution >= 4 is 21.6 Å². The molecule has 7 heteroatoms. The molecule has 2 aromatic rings. The van der Waals surface area contributed by atoms with Crippen LogP contribution < -0.4 is 10.2 Å². The Morgan fingerprint density at radius 1 is 1.24 bits per heavy atom. The number of rotatable bonds is 5. The molecule has 0 amide bonds. The number of hydrogen-bond acceptors (Lipinski definition) is 6. The molecular formula is C18H24N4O2S. The molecule has 25 heavy (non-hydrogen) atoms. The van der Waals surface area contributed by atoms with Crippen molar-refractivity contribution in [3.8, 4) is 0 Å². The van der Waals surface area contributed by atoms with Gasteiger partial charge in [-0.05, 0) is 31.4 Å². The second-order valence-electron chi connectivity index (χ2n) is 6.64. The van der Waals surface area contributed by atoms with Gasteiger partial charge in [-0.2, -0.15) is 4.98 Å². The lowest BCUT2D eigenvalue weighted by Gasteiger charge is -2.25. The summed E-state index contributed by atoms with van der Waals surface area (Å²) in [5, 5.41) is 3.28. The molecule has 134 valence electrons. The monoisotopic (exact) mass is 360 g/mol. The van der Waals surface area contributed by atoms with Crippen molar-refractivity contribution in [2.24, 2.45) is 0 Å². The van der Waals surface area contributed by atoms with Crippen molar-refractivity contribution in [1.82, 2.24) is 9.97 Å². The first-order valence-corrected chi connectivity index (χ1v) is 10.2. The third-order valence-electron chi connectivity index (χ3n) is 4.66. The Kier molecular flexibility index (Phi) is 4.94. The van der Waals surface area contributed by atoms with Crippen LogP contribution in [0.25, 0.3) is 0 Å². The van der Waals surface area contributed by atoms with E-state index in [0.29, 0.717) is 18.9 Å². The van der Waals surface area contributed by atoms with Crippen LogP contribution in [0.2, 0.25) is 0 Å². The minimum Gasteiger partial charge on any atom is -0.355 e. The van der Waals surface area contributed by atoms with Crippen molar-refractivity contribution in [2.45, 2.75) is 32.9 Å². The van der Waals surface area contributed by atoms with Crippen LogP contribution in [0.1, 0.15) is 23.2 Å². The minimum absolute atomic E-state index is 0.0245. The maximum atomic E-state index is 11.7. The zero-order valence-electron chi connectivity index (χ0n) is 14.9. The number of nitrogens with zero attached hydrogens (tertiary/aromatic N) is 3. The molecule has 0 spiro atoms. The van der Waals surface area contributed by atoms with Gasteiger partial charge >= 0.3 is 0 Å². The number of sulfone groups is 1. The summed E-state index contributed by atoms with van der Waals surface area (Å²) in [5.41, 5.74) is 3.27. The van der Waals surface area contributed by atoms with E-state index in [1.807, 2.05) is 37.1 Å². The molecule has 1 N–H and O–H groups in total. The van der Waals surface area contributed by atoms with Crippen LogP contribution in [0.15, 0.2) is 30.3 Å². The predicted octanol–water partition coefficient (Wildman–Crippen LogP) is 2.33. The third kappa shape index (κ3) is 4.28. The lowest BCUT2D eigenvalue weighted by Crippen LogP contribution is -2.33. The van der Waals surface area contributed by atoms with E-state index in [4.69, 9.17) is 0 Å². The Morgan fingerprint density at radius 3 is 2.68 bits per heavy atom. The van der Waals surface area contributed by atoms with Gasteiger partial charge in [0.15, 0.2) is 9.84 Å². The van der Waals surface area contributed by atoms with E-state index in [-0.39, 0.29) is 17.5 Å². The smallest absolute Gasteiger partial charge is 0.225 e. The number of aryl methyl sites for hydroxylation is 2. The summed E-state index contributed by atoms with van der Waals surface area (Å²) in [5.74, 6) is 1.76. The van der Waals surface area contributed by atoms with E-state index < -0.39 is 9.84 Å². The van der Waals surface area contributed by atoms with Crippen LogP contribution >= 0.6 is 0 Å². The van der Waals surface area contributed by atoms with E-state index >= 15 is 0 Å². The predicted molar refractivity (Wildman–Crippen MR) is 101 cm³/mol. The largest absolute Gasteiger partial charge is 0.355 e. The number of benzene rings is 1. The molecule has 6 nitrogen and oxygen atoms in total. The SMILES string of the molecule is Cc1cc(N(C)C2CCS(=O)(=O)C2)nc(NCc2ccccc2C)n1. The summed E-state index contributed by atoms with van der Waals surface area (Å²) < 4.78 is 23.5. The van der Waals surface area contributed by atoms with Crippen LogP contribution in [-0.4, -0.2) is 43.0 Å². The first-order chi connectivity index (χ1) is 11.8. The number of anilines is 2. The molecule has 1 atom stereocenters. The first-order valence-electron chi connectivity index (χ1n) is 8.41. The van der Waals surface area contributed by atoms with E-state index in [1.165, 1.54) is 11.1 Å². The zero-order chi connectivity index (χ0) is 18.0. The van der Waals surface area contributed by atoms with Crippen LogP contribution in [0.3, 0.4) is 0 Å². The number of nitrogens with one attached hydrogen (secondary N) is 1. The molecule has 2 heterocycles. The summed E-state index contributed by atoms with van der Waals surface area (Å²) in [6.45, 7) is 4.65. The van der Waals surface area contributed by atoms with Gasteiger partial charge < -0.3 is 10.2 Å². The van der Waals surface area contributed by atoms with Crippen LogP contribution in [0, 0.1) is 13.8 Å². The fraction of sp³-hybridized carbons (Fsp3) is 0.444. The molecule has 1 fully saturated rings. The standard InChI is InChI=1S/C18H24N4O2S/c1-13-6-4-5-7-15(13)11-19-18-20-14(2)10-17(21-18)22(3)16-8-9-25(23,24)12-16/h4-7,10,16H,8-9,11-12H2,1-3H3,(H,19,20,21). The fourth-order valence-corrected chi connectivity index (χ4v) is 4.84. The van der Waals surface area contributed by atoms with Gasteiger partial charge in [-0.3, -0.25) is 0 Å². The van der Waals surface area contributed by atoms with Gasteiger partial charge in [-0.25, -0.2) is 13.4 Å². The summed E-state index contributed by atoms with van der Waals surface area (Å²) in [6, 6.07) is 10.1. The molecule has 1 unspecified atom stereocenters. The normalized spacial score (nSPS) is 18.9. The highest BCUT2D eigenvalue weighted by atomic mass is 32.2. The molecule has 1 aromatic carbocycles. The molecule has 1 aliphatic heterocycles. The molecule has 0 saturated carbocycles. The van der Waals surface area contributed by atoms with Crippen molar-refractivity contribution < 1.29 is 8.42 Å². The third-order valence-corrected chi connectivity index (χ3v) is 6.41. The van der Waals surface area contributed by atoms with Crippen molar-refractivity contribution in [3.05, 3.63) is 47.2 Å². The van der Waals surface area contributed by atoms with Gasteiger partial charge in [0, 0.05) is 31.4 Å². The van der Waals surface area contributed by atoms with Crippen LogP contribution in [0.4, 0.5) is 11.8 Å². The highest BCUT2D eigenvalue weighted by Gasteiger charge is 2.31. The average Bonchev–Trinajstić information content (AvgIpc) is 2.93. The lowest BCUT2D eigenvalue weighted by atomic mass is 10.1. The molecule has 1 aliphatic rings. The van der Waals surface area contributed by atoms with Gasteiger partial charge in [-0.15, -0.1) is 0 Å². The lowest BCUT2D eigenvalue weighted by molar-refractivity contribution is 0.600.